The number of hydrogen-bond acceptors (Lipinski definition) is 4. The summed E-state index contributed by atoms with van der Waals surface area (Å²) in [5.74, 6) is -3.35. The second-order valence-electron chi connectivity index (χ2n) is 6.13. The minimum absolute atomic E-state index is 0.198. The normalized spacial score (nSPS) is 10.7. The lowest BCUT2D eigenvalue weighted by Gasteiger charge is -2.22. The number of benzene rings is 2. The molecule has 0 saturated heterocycles. The number of halogens is 3. The zero-order valence-electron chi connectivity index (χ0n) is 15.2. The van der Waals surface area contributed by atoms with E-state index in [2.05, 4.69) is 15.3 Å². The van der Waals surface area contributed by atoms with E-state index in [1.165, 1.54) is 0 Å². The van der Waals surface area contributed by atoms with Crippen molar-refractivity contribution < 1.29 is 13.2 Å². The summed E-state index contributed by atoms with van der Waals surface area (Å²) in [7, 11) is 0. The zero-order chi connectivity index (χ0) is 19.6. The maximum atomic E-state index is 14.0. The van der Waals surface area contributed by atoms with Gasteiger partial charge in [0.25, 0.3) is 0 Å². The number of aromatic nitrogens is 2. The molecule has 0 bridgehead atoms. The van der Waals surface area contributed by atoms with Crippen LogP contribution in [0, 0.1) is 31.3 Å². The van der Waals surface area contributed by atoms with Crippen molar-refractivity contribution in [2.75, 3.05) is 16.8 Å². The van der Waals surface area contributed by atoms with Gasteiger partial charge in [-0.1, -0.05) is 12.1 Å². The molecule has 0 atom stereocenters. The summed E-state index contributed by atoms with van der Waals surface area (Å²) < 4.78 is 40.5. The highest BCUT2D eigenvalue weighted by atomic mass is 19.2. The largest absolute Gasteiger partial charge is 0.338 e. The summed E-state index contributed by atoms with van der Waals surface area (Å²) in [6, 6.07) is 11.5. The standard InChI is InChI=1S/C20H19F3N4/c1-4-27(14-7-5-6-12(2)10-14)20-24-13(3)11-17(26-20)25-16-9-8-15(21)18(22)19(16)23/h5-11H,4H2,1-3H3,(H,24,25,26). The van der Waals surface area contributed by atoms with Gasteiger partial charge >= 0.3 is 0 Å². The van der Waals surface area contributed by atoms with Crippen LogP contribution in [0.3, 0.4) is 0 Å². The summed E-state index contributed by atoms with van der Waals surface area (Å²) in [6.45, 7) is 6.36. The van der Waals surface area contributed by atoms with Gasteiger partial charge in [0.2, 0.25) is 5.95 Å². The van der Waals surface area contributed by atoms with Gasteiger partial charge in [0, 0.05) is 24.0 Å². The maximum Gasteiger partial charge on any atom is 0.232 e. The van der Waals surface area contributed by atoms with Crippen molar-refractivity contribution in [1.82, 2.24) is 9.97 Å². The lowest BCUT2D eigenvalue weighted by molar-refractivity contribution is 0.449. The summed E-state index contributed by atoms with van der Waals surface area (Å²) in [6.07, 6.45) is 0. The highest BCUT2D eigenvalue weighted by molar-refractivity contribution is 5.62. The first-order chi connectivity index (χ1) is 12.9. The summed E-state index contributed by atoms with van der Waals surface area (Å²) >= 11 is 0. The number of aryl methyl sites for hydroxylation is 2. The van der Waals surface area contributed by atoms with E-state index < -0.39 is 17.5 Å². The molecular weight excluding hydrogens is 353 g/mol. The fourth-order valence-electron chi connectivity index (χ4n) is 2.73. The molecule has 0 spiro atoms. The van der Waals surface area contributed by atoms with Crippen LogP contribution < -0.4 is 10.2 Å². The minimum atomic E-state index is -1.53. The third kappa shape index (κ3) is 4.02. The number of hydrogen-bond donors (Lipinski definition) is 1. The van der Waals surface area contributed by atoms with Crippen LogP contribution in [0.25, 0.3) is 0 Å². The van der Waals surface area contributed by atoms with E-state index >= 15 is 0 Å². The first-order valence-corrected chi connectivity index (χ1v) is 8.49. The van der Waals surface area contributed by atoms with E-state index in [1.54, 1.807) is 13.0 Å². The molecule has 1 N–H and O–H groups in total. The Bertz CT molecular complexity index is 975. The van der Waals surface area contributed by atoms with E-state index in [4.69, 9.17) is 0 Å². The van der Waals surface area contributed by atoms with Gasteiger partial charge in [-0.15, -0.1) is 0 Å². The van der Waals surface area contributed by atoms with Gasteiger partial charge in [-0.05, 0) is 50.6 Å². The molecule has 0 amide bonds. The van der Waals surface area contributed by atoms with Crippen LogP contribution in [-0.4, -0.2) is 16.5 Å². The van der Waals surface area contributed by atoms with Crippen molar-refractivity contribution >= 4 is 23.1 Å². The molecule has 0 unspecified atom stereocenters. The predicted molar refractivity (Wildman–Crippen MR) is 100 cm³/mol. The molecule has 2 aromatic carbocycles. The van der Waals surface area contributed by atoms with Crippen molar-refractivity contribution in [3.63, 3.8) is 0 Å². The fourth-order valence-corrected chi connectivity index (χ4v) is 2.73. The number of nitrogens with one attached hydrogen (secondary N) is 1. The molecule has 27 heavy (non-hydrogen) atoms. The Kier molecular flexibility index (Phi) is 5.30. The topological polar surface area (TPSA) is 41.1 Å². The summed E-state index contributed by atoms with van der Waals surface area (Å²) in [4.78, 5) is 10.8. The minimum Gasteiger partial charge on any atom is -0.338 e. The molecular formula is C20H19F3N4. The smallest absolute Gasteiger partial charge is 0.232 e. The molecule has 1 aromatic heterocycles. The van der Waals surface area contributed by atoms with Crippen LogP contribution in [0.2, 0.25) is 0 Å². The number of anilines is 4. The molecule has 3 rings (SSSR count). The highest BCUT2D eigenvalue weighted by Crippen LogP contribution is 2.27. The molecule has 0 aliphatic heterocycles. The van der Waals surface area contributed by atoms with Gasteiger partial charge in [0.15, 0.2) is 17.5 Å². The Morgan fingerprint density at radius 3 is 2.44 bits per heavy atom. The third-order valence-electron chi connectivity index (χ3n) is 4.01. The van der Waals surface area contributed by atoms with Gasteiger partial charge in [-0.25, -0.2) is 18.2 Å². The molecule has 0 aliphatic rings. The SMILES string of the molecule is CCN(c1cccc(C)c1)c1nc(C)cc(Nc2ccc(F)c(F)c2F)n1. The van der Waals surface area contributed by atoms with E-state index in [-0.39, 0.29) is 11.5 Å². The third-order valence-corrected chi connectivity index (χ3v) is 4.01. The first kappa shape index (κ1) is 18.7. The Balaban J connectivity index is 1.98. The van der Waals surface area contributed by atoms with Crippen LogP contribution in [-0.2, 0) is 0 Å². The molecule has 0 saturated carbocycles. The number of rotatable bonds is 5. The Morgan fingerprint density at radius 1 is 0.963 bits per heavy atom. The van der Waals surface area contributed by atoms with Crippen LogP contribution in [0.1, 0.15) is 18.2 Å². The molecule has 3 aromatic rings. The molecule has 4 nitrogen and oxygen atoms in total. The highest BCUT2D eigenvalue weighted by Gasteiger charge is 2.16. The van der Waals surface area contributed by atoms with Crippen molar-refractivity contribution in [2.24, 2.45) is 0 Å². The second kappa shape index (κ2) is 7.65. The van der Waals surface area contributed by atoms with Gasteiger partial charge in [-0.3, -0.25) is 0 Å². The van der Waals surface area contributed by atoms with E-state index in [1.807, 2.05) is 43.0 Å². The van der Waals surface area contributed by atoms with Crippen molar-refractivity contribution in [3.05, 3.63) is 71.2 Å². The van der Waals surface area contributed by atoms with Crippen molar-refractivity contribution in [2.45, 2.75) is 20.8 Å². The number of nitrogens with zero attached hydrogens (tertiary/aromatic N) is 3. The molecule has 7 heteroatoms. The van der Waals surface area contributed by atoms with Crippen LogP contribution in [0.5, 0.6) is 0 Å². The second-order valence-corrected chi connectivity index (χ2v) is 6.13. The molecule has 0 aliphatic carbocycles. The van der Waals surface area contributed by atoms with Crippen LogP contribution in [0.15, 0.2) is 42.5 Å². The maximum absolute atomic E-state index is 14.0. The molecule has 0 fully saturated rings. The van der Waals surface area contributed by atoms with E-state index in [9.17, 15) is 13.2 Å². The Hall–Kier alpha value is -3.09. The monoisotopic (exact) mass is 372 g/mol. The Labute approximate surface area is 155 Å². The lowest BCUT2D eigenvalue weighted by Crippen LogP contribution is -2.19. The summed E-state index contributed by atoms with van der Waals surface area (Å²) in [5.41, 5.74) is 2.47. The molecule has 140 valence electrons. The lowest BCUT2D eigenvalue weighted by atomic mass is 10.2. The molecule has 1 heterocycles. The fraction of sp³-hybridized carbons (Fsp3) is 0.200. The van der Waals surface area contributed by atoms with Gasteiger partial charge in [0.1, 0.15) is 5.82 Å². The van der Waals surface area contributed by atoms with Gasteiger partial charge < -0.3 is 10.2 Å². The quantitative estimate of drug-likeness (QED) is 0.608. The van der Waals surface area contributed by atoms with Gasteiger partial charge in [0.05, 0.1) is 5.69 Å². The predicted octanol–water partition coefficient (Wildman–Crippen LogP) is 5.41. The van der Waals surface area contributed by atoms with Gasteiger partial charge in [-0.2, -0.15) is 4.98 Å². The molecule has 0 radical (unpaired) electrons. The van der Waals surface area contributed by atoms with Crippen LogP contribution in [0.4, 0.5) is 36.3 Å². The average Bonchev–Trinajstić information content (AvgIpc) is 2.63. The van der Waals surface area contributed by atoms with Crippen molar-refractivity contribution in [3.8, 4) is 0 Å². The van der Waals surface area contributed by atoms with Crippen molar-refractivity contribution in [1.29, 1.82) is 0 Å². The van der Waals surface area contributed by atoms with E-state index in [0.717, 1.165) is 23.4 Å². The first-order valence-electron chi connectivity index (χ1n) is 8.49. The summed E-state index contributed by atoms with van der Waals surface area (Å²) in [5, 5.41) is 2.70. The average molecular weight is 372 g/mol. The van der Waals surface area contributed by atoms with Crippen LogP contribution >= 0.6 is 0 Å². The Morgan fingerprint density at radius 2 is 1.74 bits per heavy atom. The van der Waals surface area contributed by atoms with E-state index in [0.29, 0.717) is 18.2 Å². The zero-order valence-corrected chi connectivity index (χ0v) is 15.2.